The topological polar surface area (TPSA) is 61.1 Å². The number of nitrogens with zero attached hydrogens (tertiary/aromatic N) is 1. The van der Waals surface area contributed by atoms with Crippen LogP contribution in [0.3, 0.4) is 0 Å². The molecule has 0 bridgehead atoms. The Morgan fingerprint density at radius 2 is 2.21 bits per heavy atom. The van der Waals surface area contributed by atoms with Crippen molar-refractivity contribution in [2.45, 2.75) is 37.9 Å². The summed E-state index contributed by atoms with van der Waals surface area (Å²) in [5, 5.41) is 17.5. The zero-order chi connectivity index (χ0) is 10.8. The van der Waals surface area contributed by atoms with Crippen molar-refractivity contribution in [1.82, 2.24) is 0 Å². The standard InChI is InChI=1S/C10H15NO2S/c1-9(2,8(12)13)14-7-10(3-4-10)5-6-11/h3-5,7H2,1-2H3,(H,12,13). The number of rotatable bonds is 5. The van der Waals surface area contributed by atoms with Gasteiger partial charge < -0.3 is 5.11 Å². The van der Waals surface area contributed by atoms with Gasteiger partial charge in [-0.15, -0.1) is 11.8 Å². The molecule has 0 radical (unpaired) electrons. The third-order valence-corrected chi connectivity index (χ3v) is 4.32. The number of hydrogen-bond donors (Lipinski definition) is 1. The molecule has 1 aliphatic carbocycles. The van der Waals surface area contributed by atoms with Crippen LogP contribution in [0.4, 0.5) is 0 Å². The Kier molecular flexibility index (Phi) is 3.10. The van der Waals surface area contributed by atoms with Gasteiger partial charge >= 0.3 is 5.97 Å². The summed E-state index contributed by atoms with van der Waals surface area (Å²) >= 11 is 1.45. The summed E-state index contributed by atoms with van der Waals surface area (Å²) in [6.07, 6.45) is 2.71. The Labute approximate surface area is 88.5 Å². The van der Waals surface area contributed by atoms with Gasteiger partial charge in [-0.3, -0.25) is 4.79 Å². The maximum atomic E-state index is 10.8. The summed E-state index contributed by atoms with van der Waals surface area (Å²) in [7, 11) is 0. The minimum atomic E-state index is -0.782. The number of thioether (sulfide) groups is 1. The number of carboxylic acid groups (broad SMARTS) is 1. The minimum absolute atomic E-state index is 0.131. The summed E-state index contributed by atoms with van der Waals surface area (Å²) < 4.78 is -0.731. The molecule has 1 rings (SSSR count). The van der Waals surface area contributed by atoms with Crippen molar-refractivity contribution in [2.24, 2.45) is 5.41 Å². The lowest BCUT2D eigenvalue weighted by atomic mass is 10.1. The quantitative estimate of drug-likeness (QED) is 0.761. The second-order valence-electron chi connectivity index (χ2n) is 4.44. The van der Waals surface area contributed by atoms with Crippen LogP contribution in [0.1, 0.15) is 33.1 Å². The van der Waals surface area contributed by atoms with E-state index in [9.17, 15) is 4.79 Å². The van der Waals surface area contributed by atoms with Gasteiger partial charge in [0, 0.05) is 12.2 Å². The predicted molar refractivity (Wildman–Crippen MR) is 56.1 cm³/mol. The van der Waals surface area contributed by atoms with E-state index in [4.69, 9.17) is 10.4 Å². The van der Waals surface area contributed by atoms with E-state index < -0.39 is 10.7 Å². The fourth-order valence-electron chi connectivity index (χ4n) is 1.11. The van der Waals surface area contributed by atoms with Crippen LogP contribution in [0.15, 0.2) is 0 Å². The lowest BCUT2D eigenvalue weighted by molar-refractivity contribution is -0.138. The van der Waals surface area contributed by atoms with Gasteiger partial charge in [0.05, 0.1) is 6.07 Å². The van der Waals surface area contributed by atoms with Crippen LogP contribution in [-0.4, -0.2) is 21.6 Å². The van der Waals surface area contributed by atoms with Crippen molar-refractivity contribution in [3.05, 3.63) is 0 Å². The molecule has 0 heterocycles. The van der Waals surface area contributed by atoms with Crippen molar-refractivity contribution in [3.8, 4) is 6.07 Å². The van der Waals surface area contributed by atoms with Crippen LogP contribution in [0, 0.1) is 16.7 Å². The van der Waals surface area contributed by atoms with E-state index in [1.807, 2.05) is 0 Å². The Morgan fingerprint density at radius 3 is 2.57 bits per heavy atom. The number of hydrogen-bond acceptors (Lipinski definition) is 3. The minimum Gasteiger partial charge on any atom is -0.480 e. The number of nitriles is 1. The second kappa shape index (κ2) is 3.82. The molecule has 14 heavy (non-hydrogen) atoms. The van der Waals surface area contributed by atoms with Gasteiger partial charge in [-0.25, -0.2) is 0 Å². The fourth-order valence-corrected chi connectivity index (χ4v) is 2.29. The fraction of sp³-hybridized carbons (Fsp3) is 0.800. The van der Waals surface area contributed by atoms with Crippen LogP contribution in [0.25, 0.3) is 0 Å². The van der Waals surface area contributed by atoms with Crippen LogP contribution in [0.5, 0.6) is 0 Å². The highest BCUT2D eigenvalue weighted by Gasteiger charge is 2.44. The molecule has 0 amide bonds. The first kappa shape index (κ1) is 11.4. The molecule has 1 saturated carbocycles. The highest BCUT2D eigenvalue weighted by atomic mass is 32.2. The third kappa shape index (κ3) is 2.65. The maximum absolute atomic E-state index is 10.8. The lowest BCUT2D eigenvalue weighted by Crippen LogP contribution is -2.28. The molecule has 1 aliphatic rings. The molecular weight excluding hydrogens is 198 g/mol. The van der Waals surface area contributed by atoms with Crippen molar-refractivity contribution in [2.75, 3.05) is 5.75 Å². The van der Waals surface area contributed by atoms with E-state index in [1.54, 1.807) is 13.8 Å². The zero-order valence-electron chi connectivity index (χ0n) is 8.54. The van der Waals surface area contributed by atoms with Crippen molar-refractivity contribution >= 4 is 17.7 Å². The zero-order valence-corrected chi connectivity index (χ0v) is 9.36. The molecule has 0 aromatic rings. The molecule has 0 atom stereocenters. The summed E-state index contributed by atoms with van der Waals surface area (Å²) in [6.45, 7) is 3.42. The van der Waals surface area contributed by atoms with Gasteiger partial charge in [-0.2, -0.15) is 5.26 Å². The summed E-state index contributed by atoms with van der Waals surface area (Å²) in [5.74, 6) is 0.00936. The van der Waals surface area contributed by atoms with Crippen LogP contribution in [-0.2, 0) is 4.79 Å². The SMILES string of the molecule is CC(C)(SCC1(CC#N)CC1)C(=O)O. The Balaban J connectivity index is 2.41. The van der Waals surface area contributed by atoms with Gasteiger partial charge in [0.25, 0.3) is 0 Å². The molecule has 4 heteroatoms. The second-order valence-corrected chi connectivity index (χ2v) is 6.04. The number of aliphatic carboxylic acids is 1. The van der Waals surface area contributed by atoms with Crippen LogP contribution in [0.2, 0.25) is 0 Å². The average Bonchev–Trinajstić information content (AvgIpc) is 2.83. The van der Waals surface area contributed by atoms with Crippen molar-refractivity contribution in [1.29, 1.82) is 5.26 Å². The summed E-state index contributed by atoms with van der Waals surface area (Å²) in [4.78, 5) is 10.8. The van der Waals surface area contributed by atoms with Crippen molar-refractivity contribution < 1.29 is 9.90 Å². The van der Waals surface area contributed by atoms with Gasteiger partial charge in [0.2, 0.25) is 0 Å². The number of carboxylic acids is 1. The smallest absolute Gasteiger partial charge is 0.319 e. The summed E-state index contributed by atoms with van der Waals surface area (Å²) in [6, 6.07) is 2.18. The molecule has 0 aromatic heterocycles. The summed E-state index contributed by atoms with van der Waals surface area (Å²) in [5.41, 5.74) is 0.131. The van der Waals surface area contributed by atoms with E-state index >= 15 is 0 Å². The third-order valence-electron chi connectivity index (χ3n) is 2.67. The Morgan fingerprint density at radius 1 is 1.64 bits per heavy atom. The molecule has 0 saturated heterocycles. The molecule has 0 aromatic carbocycles. The molecule has 0 aliphatic heterocycles. The highest BCUT2D eigenvalue weighted by molar-refractivity contribution is 8.01. The molecule has 0 spiro atoms. The van der Waals surface area contributed by atoms with E-state index in [0.29, 0.717) is 6.42 Å². The molecule has 0 unspecified atom stereocenters. The lowest BCUT2D eigenvalue weighted by Gasteiger charge is -2.21. The molecule has 3 nitrogen and oxygen atoms in total. The van der Waals surface area contributed by atoms with E-state index in [0.717, 1.165) is 18.6 Å². The average molecular weight is 213 g/mol. The molecule has 1 fully saturated rings. The molecule has 1 N–H and O–H groups in total. The first-order valence-corrected chi connectivity index (χ1v) is 5.65. The Hall–Kier alpha value is -0.690. The largest absolute Gasteiger partial charge is 0.480 e. The van der Waals surface area contributed by atoms with E-state index in [-0.39, 0.29) is 5.41 Å². The predicted octanol–water partition coefficient (Wildman–Crippen LogP) is 2.28. The van der Waals surface area contributed by atoms with Gasteiger partial charge in [0.1, 0.15) is 4.75 Å². The first-order chi connectivity index (χ1) is 6.42. The van der Waals surface area contributed by atoms with E-state index in [1.165, 1.54) is 11.8 Å². The highest BCUT2D eigenvalue weighted by Crippen LogP contribution is 2.52. The van der Waals surface area contributed by atoms with Gasteiger partial charge in [-0.1, -0.05) is 0 Å². The van der Waals surface area contributed by atoms with Crippen molar-refractivity contribution in [3.63, 3.8) is 0 Å². The number of carbonyl (C=O) groups is 1. The normalized spacial score (nSPS) is 18.6. The maximum Gasteiger partial charge on any atom is 0.319 e. The van der Waals surface area contributed by atoms with Crippen LogP contribution < -0.4 is 0 Å². The molecular formula is C10H15NO2S. The van der Waals surface area contributed by atoms with Gasteiger partial charge in [-0.05, 0) is 32.1 Å². The first-order valence-electron chi connectivity index (χ1n) is 4.66. The molecule has 78 valence electrons. The Bertz CT molecular complexity index is 276. The monoisotopic (exact) mass is 213 g/mol. The van der Waals surface area contributed by atoms with E-state index in [2.05, 4.69) is 6.07 Å². The van der Waals surface area contributed by atoms with Crippen LogP contribution >= 0.6 is 11.8 Å². The van der Waals surface area contributed by atoms with Gasteiger partial charge in [0.15, 0.2) is 0 Å².